The Morgan fingerprint density at radius 1 is 0.722 bits per heavy atom. The summed E-state index contributed by atoms with van der Waals surface area (Å²) in [5, 5.41) is 0. The van der Waals surface area contributed by atoms with Crippen LogP contribution in [-0.2, 0) is 11.8 Å². The Balaban J connectivity index is 1.17. The van der Waals surface area contributed by atoms with Crippen molar-refractivity contribution in [2.24, 2.45) is 4.99 Å². The highest BCUT2D eigenvalue weighted by atomic mass is 32.2. The van der Waals surface area contributed by atoms with Crippen LogP contribution in [0.1, 0.15) is 82.0 Å². The number of hydrogen-bond donors (Lipinski definition) is 0. The normalized spacial score (nSPS) is 16.0. The van der Waals surface area contributed by atoms with E-state index in [1.165, 1.54) is 77.2 Å². The molecule has 0 N–H and O–H groups in total. The smallest absolute Gasteiger partial charge is 0.0714 e. The molecule has 0 saturated carbocycles. The van der Waals surface area contributed by atoms with Gasteiger partial charge in [0.1, 0.15) is 0 Å². The minimum atomic E-state index is -0.508. The van der Waals surface area contributed by atoms with E-state index in [0.29, 0.717) is 0 Å². The predicted molar refractivity (Wildman–Crippen MR) is 319 cm³/mol. The van der Waals surface area contributed by atoms with Gasteiger partial charge < -0.3 is 0 Å². The molecule has 0 heterocycles. The fraction of sp³-hybridized carbons (Fsp3) is 0.129. The van der Waals surface area contributed by atoms with Crippen LogP contribution in [0, 0.1) is 20.8 Å². The highest BCUT2D eigenvalue weighted by molar-refractivity contribution is 7.99. The molecule has 0 fully saturated rings. The number of aryl methyl sites for hydroxylation is 3. The minimum Gasteiger partial charge on any atom is -0.261 e. The van der Waals surface area contributed by atoms with Gasteiger partial charge >= 0.3 is 0 Å². The summed E-state index contributed by atoms with van der Waals surface area (Å²) in [4.78, 5) is 6.24. The van der Waals surface area contributed by atoms with Crippen LogP contribution in [0.5, 0.6) is 0 Å². The average Bonchev–Trinajstić information content (AvgIpc) is 3.85. The van der Waals surface area contributed by atoms with E-state index in [1.54, 1.807) is 11.8 Å². The van der Waals surface area contributed by atoms with Gasteiger partial charge in [-0.15, -0.1) is 18.3 Å². The van der Waals surface area contributed by atoms with Crippen LogP contribution in [0.25, 0.3) is 56.7 Å². The number of rotatable bonds is 17. The van der Waals surface area contributed by atoms with Crippen LogP contribution in [-0.4, -0.2) is 12.0 Å². The van der Waals surface area contributed by atoms with Crippen LogP contribution in [0.2, 0.25) is 0 Å². The Bertz CT molecular complexity index is 3420. The van der Waals surface area contributed by atoms with Crippen molar-refractivity contribution in [1.29, 1.82) is 0 Å². The SMILES string of the molecule is C=C/C=C\C1=Cc2ccccc2C12C(=C)/C(=C\C=C)c1c2ccc(C)c1/C=C/C=C\C=C(/C)N=Cc1cc(-c2ccc(C)c(-c3ccccc3CC)c2C)cc(-c2cccc(C(=C)/C=C\C)c2SCC=C)c1. The number of allylic oxidation sites excluding steroid dienone is 16. The zero-order valence-electron chi connectivity index (χ0n) is 42.9. The molecule has 0 bridgehead atoms. The molecule has 356 valence electrons. The predicted octanol–water partition coefficient (Wildman–Crippen LogP) is 19.2. The molecular weight excluding hydrogens is 887 g/mol. The largest absolute Gasteiger partial charge is 0.261 e. The van der Waals surface area contributed by atoms with Crippen molar-refractivity contribution in [2.75, 3.05) is 5.75 Å². The van der Waals surface area contributed by atoms with E-state index in [9.17, 15) is 0 Å². The maximum absolute atomic E-state index is 5.05. The second kappa shape index (κ2) is 22.5. The molecule has 1 atom stereocenters. The van der Waals surface area contributed by atoms with Gasteiger partial charge in [0.2, 0.25) is 0 Å². The number of benzene rings is 6. The first kappa shape index (κ1) is 50.6. The molecule has 6 aromatic carbocycles. The van der Waals surface area contributed by atoms with Crippen molar-refractivity contribution in [3.05, 3.63) is 293 Å². The monoisotopic (exact) mass is 951 g/mol. The molecule has 0 aromatic heterocycles. The molecule has 1 nitrogen and oxygen atoms in total. The van der Waals surface area contributed by atoms with Crippen molar-refractivity contribution in [3.63, 3.8) is 0 Å². The van der Waals surface area contributed by atoms with E-state index in [0.717, 1.165) is 62.4 Å². The van der Waals surface area contributed by atoms with Crippen LogP contribution >= 0.6 is 11.8 Å². The molecule has 0 aliphatic heterocycles. The molecule has 6 aromatic rings. The van der Waals surface area contributed by atoms with Crippen molar-refractivity contribution in [3.8, 4) is 33.4 Å². The van der Waals surface area contributed by atoms with Gasteiger partial charge in [-0.3, -0.25) is 4.99 Å². The number of thioether (sulfide) groups is 1. The third-order valence-electron chi connectivity index (χ3n) is 14.0. The highest BCUT2D eigenvalue weighted by Gasteiger charge is 2.51. The first-order valence-electron chi connectivity index (χ1n) is 24.9. The average molecular weight is 952 g/mol. The standard InChI is InChI=1S/C70H65NS/c1-12-17-31-58-45-55-30-22-24-36-65(55)70(58)52(11)62(27-14-3)68-59(48(7)38-40-66(68)70)32-20-18-19-28-50(9)71-46-53-42-56(61-39-37-49(8)67(51(61)10)63-33-23-21-29-54(63)16-5)44-57(43-53)64-35-25-34-60(47(6)26-13-2)69(64)72-41-15-4/h12-15,17-40,42-46H,1,3-4,6,11,16,41H2,2,5,7-10H3/b19-18-,26-13-,31-17-,32-20+,50-28+,62-27+,71-46?. The molecule has 1 unspecified atom stereocenters. The summed E-state index contributed by atoms with van der Waals surface area (Å²) in [7, 11) is 0. The van der Waals surface area contributed by atoms with E-state index < -0.39 is 5.41 Å². The van der Waals surface area contributed by atoms with Crippen molar-refractivity contribution in [2.45, 2.75) is 58.3 Å². The molecule has 1 spiro atoms. The second-order valence-electron chi connectivity index (χ2n) is 18.4. The summed E-state index contributed by atoms with van der Waals surface area (Å²) in [5.41, 5.74) is 25.2. The Kier molecular flexibility index (Phi) is 15.8. The topological polar surface area (TPSA) is 12.4 Å². The summed E-state index contributed by atoms with van der Waals surface area (Å²) in [6.45, 7) is 34.4. The fourth-order valence-corrected chi connectivity index (χ4v) is 11.6. The number of nitrogens with zero attached hydrogens (tertiary/aromatic N) is 1. The second-order valence-corrected chi connectivity index (χ2v) is 19.5. The number of aliphatic imine (C=N–C) groups is 1. The molecule has 2 aliphatic carbocycles. The van der Waals surface area contributed by atoms with E-state index >= 15 is 0 Å². The Morgan fingerprint density at radius 3 is 2.24 bits per heavy atom. The van der Waals surface area contributed by atoms with Gasteiger partial charge in [-0.2, -0.15) is 0 Å². The lowest BCUT2D eigenvalue weighted by Gasteiger charge is -2.31. The Morgan fingerprint density at radius 2 is 1.47 bits per heavy atom. The van der Waals surface area contributed by atoms with Gasteiger partial charge in [-0.25, -0.2) is 0 Å². The quantitative estimate of drug-likeness (QED) is 0.0384. The lowest BCUT2D eigenvalue weighted by molar-refractivity contribution is 0.790. The van der Waals surface area contributed by atoms with Crippen molar-refractivity contribution in [1.82, 2.24) is 0 Å². The Labute approximate surface area is 434 Å². The van der Waals surface area contributed by atoms with Gasteiger partial charge in [0.15, 0.2) is 0 Å². The van der Waals surface area contributed by atoms with E-state index in [2.05, 4.69) is 218 Å². The van der Waals surface area contributed by atoms with Crippen LogP contribution < -0.4 is 0 Å². The number of fused-ring (bicyclic) bond motifs is 4. The molecule has 72 heavy (non-hydrogen) atoms. The maximum Gasteiger partial charge on any atom is 0.0714 e. The zero-order valence-corrected chi connectivity index (χ0v) is 43.7. The highest BCUT2D eigenvalue weighted by Crippen LogP contribution is 2.61. The lowest BCUT2D eigenvalue weighted by Crippen LogP contribution is -2.26. The van der Waals surface area contributed by atoms with E-state index in [1.807, 2.05) is 50.4 Å². The third kappa shape index (κ3) is 9.68. The first-order chi connectivity index (χ1) is 35.0. The van der Waals surface area contributed by atoms with Gasteiger partial charge in [0, 0.05) is 22.6 Å². The molecular formula is C70H65NS. The molecule has 2 heteroatoms. The number of hydrogen-bond acceptors (Lipinski definition) is 2. The van der Waals surface area contributed by atoms with E-state index in [-0.39, 0.29) is 0 Å². The summed E-state index contributed by atoms with van der Waals surface area (Å²) in [5.74, 6) is 0.782. The van der Waals surface area contributed by atoms with Crippen LogP contribution in [0.15, 0.2) is 242 Å². The molecule has 2 aliphatic rings. The van der Waals surface area contributed by atoms with Crippen molar-refractivity contribution >= 4 is 41.3 Å². The molecule has 0 saturated heterocycles. The Hall–Kier alpha value is -7.78. The first-order valence-corrected chi connectivity index (χ1v) is 25.9. The maximum atomic E-state index is 5.05. The van der Waals surface area contributed by atoms with Gasteiger partial charge in [-0.1, -0.05) is 197 Å². The van der Waals surface area contributed by atoms with Crippen LogP contribution in [0.4, 0.5) is 0 Å². The molecule has 0 radical (unpaired) electrons. The summed E-state index contributed by atoms with van der Waals surface area (Å²) < 4.78 is 0. The zero-order chi connectivity index (χ0) is 50.9. The minimum absolute atomic E-state index is 0.508. The van der Waals surface area contributed by atoms with Crippen molar-refractivity contribution < 1.29 is 0 Å². The lowest BCUT2D eigenvalue weighted by atomic mass is 9.70. The van der Waals surface area contributed by atoms with Gasteiger partial charge in [0.25, 0.3) is 0 Å². The molecule has 0 amide bonds. The van der Waals surface area contributed by atoms with Gasteiger partial charge in [-0.05, 0) is 188 Å². The summed E-state index contributed by atoms with van der Waals surface area (Å²) >= 11 is 1.80. The summed E-state index contributed by atoms with van der Waals surface area (Å²) in [6.07, 6.45) is 32.0. The third-order valence-corrected chi connectivity index (χ3v) is 15.1. The van der Waals surface area contributed by atoms with Crippen LogP contribution in [0.3, 0.4) is 0 Å². The molecule has 8 rings (SSSR count). The summed E-state index contributed by atoms with van der Waals surface area (Å²) in [6, 6.07) is 40.0. The van der Waals surface area contributed by atoms with E-state index in [4.69, 9.17) is 11.6 Å². The van der Waals surface area contributed by atoms with Gasteiger partial charge in [0.05, 0.1) is 5.41 Å². The fourth-order valence-electron chi connectivity index (χ4n) is 10.7.